The number of aliphatic hydroxyl groups is 1. The second kappa shape index (κ2) is 18.5. The number of esters is 1. The number of rotatable bonds is 17. The van der Waals surface area contributed by atoms with E-state index in [1.54, 1.807) is 0 Å². The Labute approximate surface area is 256 Å². The molecule has 0 heterocycles. The van der Waals surface area contributed by atoms with Crippen LogP contribution in [0.15, 0.2) is 48.5 Å². The number of carbonyl (C=O) groups is 1. The second-order valence-corrected chi connectivity index (χ2v) is 16.9. The fraction of sp³-hybridized carbons (Fsp3) is 0.639. The highest BCUT2D eigenvalue weighted by Crippen LogP contribution is 2.36. The van der Waals surface area contributed by atoms with Crippen LogP contribution in [-0.4, -0.2) is 38.2 Å². The second-order valence-electron chi connectivity index (χ2n) is 12.1. The van der Waals surface area contributed by atoms with Crippen molar-refractivity contribution in [1.29, 1.82) is 0 Å². The van der Waals surface area contributed by atoms with E-state index in [4.69, 9.17) is 13.9 Å². The standard InChI is InChI=1S/C36H56O5Si/c1-5-9-11-19-32(37)26-25-31-24-23-30-18-14-22-35(39-28-36(38)40-27-29-16-12-10-13-17-29)33(30)20-15-21-34(31)41-42(6-2,7-3)8-4/h10,12-14,16-18,22,31-32,34,37H,5-9,11,15,19-21,23-28H2,1-4H3/t31-,32-,34?/m0/s1. The fourth-order valence-corrected chi connectivity index (χ4v) is 9.36. The Balaban J connectivity index is 1.69. The van der Waals surface area contributed by atoms with Gasteiger partial charge in [-0.25, -0.2) is 4.79 Å². The van der Waals surface area contributed by atoms with Gasteiger partial charge in [-0.3, -0.25) is 0 Å². The summed E-state index contributed by atoms with van der Waals surface area (Å²) in [5, 5.41) is 10.8. The first-order chi connectivity index (χ1) is 20.4. The Bertz CT molecular complexity index is 1030. The fourth-order valence-electron chi connectivity index (χ4n) is 6.41. The highest BCUT2D eigenvalue weighted by molar-refractivity contribution is 6.73. The number of aliphatic hydroxyl groups excluding tert-OH is 1. The maximum atomic E-state index is 12.5. The molecule has 1 aliphatic carbocycles. The van der Waals surface area contributed by atoms with Crippen molar-refractivity contribution in [3.63, 3.8) is 0 Å². The maximum Gasteiger partial charge on any atom is 0.344 e. The Kier molecular flexibility index (Phi) is 15.1. The van der Waals surface area contributed by atoms with Crippen LogP contribution >= 0.6 is 0 Å². The van der Waals surface area contributed by atoms with Crippen LogP contribution in [0.1, 0.15) is 102 Å². The summed E-state index contributed by atoms with van der Waals surface area (Å²) in [6.45, 7) is 9.31. The topological polar surface area (TPSA) is 65.0 Å². The van der Waals surface area contributed by atoms with Crippen LogP contribution < -0.4 is 4.74 Å². The van der Waals surface area contributed by atoms with Crippen molar-refractivity contribution in [3.05, 3.63) is 65.2 Å². The van der Waals surface area contributed by atoms with E-state index in [-0.39, 0.29) is 31.4 Å². The Morgan fingerprint density at radius 3 is 2.40 bits per heavy atom. The van der Waals surface area contributed by atoms with E-state index in [2.05, 4.69) is 33.8 Å². The summed E-state index contributed by atoms with van der Waals surface area (Å²) in [6.07, 6.45) is 11.2. The third-order valence-electron chi connectivity index (χ3n) is 9.39. The molecule has 1 aliphatic rings. The van der Waals surface area contributed by atoms with Crippen molar-refractivity contribution in [2.75, 3.05) is 6.61 Å². The number of carbonyl (C=O) groups excluding carboxylic acids is 1. The Morgan fingerprint density at radius 2 is 1.69 bits per heavy atom. The monoisotopic (exact) mass is 596 g/mol. The molecule has 5 nitrogen and oxygen atoms in total. The molecule has 0 radical (unpaired) electrons. The molecule has 2 aromatic rings. The highest BCUT2D eigenvalue weighted by atomic mass is 28.4. The van der Waals surface area contributed by atoms with E-state index in [1.807, 2.05) is 42.5 Å². The van der Waals surface area contributed by atoms with Crippen molar-refractivity contribution in [3.8, 4) is 5.75 Å². The average molecular weight is 597 g/mol. The van der Waals surface area contributed by atoms with Crippen LogP contribution in [0.25, 0.3) is 0 Å². The van der Waals surface area contributed by atoms with Crippen molar-refractivity contribution in [2.45, 2.75) is 135 Å². The van der Waals surface area contributed by atoms with Crippen LogP contribution in [0.3, 0.4) is 0 Å². The molecule has 0 aromatic heterocycles. The number of hydrogen-bond donors (Lipinski definition) is 1. The molecule has 0 amide bonds. The molecule has 0 saturated carbocycles. The molecule has 234 valence electrons. The first-order valence-electron chi connectivity index (χ1n) is 16.7. The van der Waals surface area contributed by atoms with E-state index in [0.29, 0.717) is 5.92 Å². The van der Waals surface area contributed by atoms with Gasteiger partial charge in [0.25, 0.3) is 0 Å². The number of fused-ring (bicyclic) bond motifs is 1. The third-order valence-corrected chi connectivity index (χ3v) is 14.1. The zero-order chi connectivity index (χ0) is 30.2. The largest absolute Gasteiger partial charge is 0.482 e. The van der Waals surface area contributed by atoms with E-state index in [0.717, 1.165) is 87.2 Å². The number of aryl methyl sites for hydroxylation is 1. The minimum Gasteiger partial charge on any atom is -0.482 e. The van der Waals surface area contributed by atoms with Gasteiger partial charge in [0, 0.05) is 6.10 Å². The molecule has 0 bridgehead atoms. The van der Waals surface area contributed by atoms with Gasteiger partial charge in [-0.1, -0.05) is 89.4 Å². The van der Waals surface area contributed by atoms with Gasteiger partial charge >= 0.3 is 5.97 Å². The molecule has 1 N–H and O–H groups in total. The number of benzene rings is 2. The number of unbranched alkanes of at least 4 members (excludes halogenated alkanes) is 2. The van der Waals surface area contributed by atoms with Crippen LogP contribution in [0.2, 0.25) is 18.1 Å². The van der Waals surface area contributed by atoms with Gasteiger partial charge in [0.2, 0.25) is 0 Å². The molecule has 3 rings (SSSR count). The quantitative estimate of drug-likeness (QED) is 0.112. The van der Waals surface area contributed by atoms with Crippen molar-refractivity contribution < 1.29 is 23.8 Å². The summed E-state index contributed by atoms with van der Waals surface area (Å²) in [6, 6.07) is 19.4. The Morgan fingerprint density at radius 1 is 0.929 bits per heavy atom. The lowest BCUT2D eigenvalue weighted by Crippen LogP contribution is -2.42. The minimum absolute atomic E-state index is 0.0921. The molecular formula is C36H56O5Si. The summed E-state index contributed by atoms with van der Waals surface area (Å²) in [7, 11) is -1.77. The average Bonchev–Trinajstić information content (AvgIpc) is 3.10. The van der Waals surface area contributed by atoms with Crippen molar-refractivity contribution in [2.24, 2.45) is 5.92 Å². The lowest BCUT2D eigenvalue weighted by molar-refractivity contribution is -0.147. The van der Waals surface area contributed by atoms with Gasteiger partial charge in [-0.2, -0.15) is 0 Å². The zero-order valence-corrected chi connectivity index (χ0v) is 27.7. The van der Waals surface area contributed by atoms with E-state index in [9.17, 15) is 9.90 Å². The predicted molar refractivity (Wildman–Crippen MR) is 174 cm³/mol. The van der Waals surface area contributed by atoms with Gasteiger partial charge in [0.15, 0.2) is 14.9 Å². The zero-order valence-electron chi connectivity index (χ0n) is 26.7. The summed E-state index contributed by atoms with van der Waals surface area (Å²) in [4.78, 5) is 12.5. The molecule has 6 heteroatoms. The molecule has 0 saturated heterocycles. The summed E-state index contributed by atoms with van der Waals surface area (Å²) in [5.74, 6) is 0.877. The Hall–Kier alpha value is -2.15. The highest BCUT2D eigenvalue weighted by Gasteiger charge is 2.35. The lowest BCUT2D eigenvalue weighted by atomic mass is 9.87. The first kappa shape index (κ1) is 34.3. The SMILES string of the molecule is CCCCC[C@H](O)CC[C@@H]1CCc2cccc(OCC(=O)OCc3ccccc3)c2CCCC1O[Si](CC)(CC)CC. The first-order valence-corrected chi connectivity index (χ1v) is 19.2. The van der Waals surface area contributed by atoms with Crippen LogP contribution in [0.4, 0.5) is 0 Å². The molecule has 2 aromatic carbocycles. The van der Waals surface area contributed by atoms with Crippen molar-refractivity contribution in [1.82, 2.24) is 0 Å². The summed E-state index contributed by atoms with van der Waals surface area (Å²) >= 11 is 0. The van der Waals surface area contributed by atoms with Crippen LogP contribution in [0.5, 0.6) is 5.75 Å². The molecule has 1 unspecified atom stereocenters. The van der Waals surface area contributed by atoms with Gasteiger partial charge in [-0.15, -0.1) is 0 Å². The predicted octanol–water partition coefficient (Wildman–Crippen LogP) is 8.81. The number of hydrogen-bond acceptors (Lipinski definition) is 5. The van der Waals surface area contributed by atoms with E-state index < -0.39 is 8.32 Å². The van der Waals surface area contributed by atoms with Gasteiger partial charge in [-0.05, 0) is 98.2 Å². The smallest absolute Gasteiger partial charge is 0.344 e. The minimum atomic E-state index is -1.77. The van der Waals surface area contributed by atoms with Gasteiger partial charge in [0.05, 0.1) is 6.10 Å². The maximum absolute atomic E-state index is 12.5. The molecule has 0 spiro atoms. The van der Waals surface area contributed by atoms with Crippen molar-refractivity contribution >= 4 is 14.3 Å². The normalized spacial score (nSPS) is 18.3. The molecular weight excluding hydrogens is 540 g/mol. The summed E-state index contributed by atoms with van der Waals surface area (Å²) < 4.78 is 18.7. The third kappa shape index (κ3) is 10.8. The lowest BCUT2D eigenvalue weighted by Gasteiger charge is -2.37. The van der Waals surface area contributed by atoms with Gasteiger partial charge in [0.1, 0.15) is 12.4 Å². The summed E-state index contributed by atoms with van der Waals surface area (Å²) in [5.41, 5.74) is 3.50. The van der Waals surface area contributed by atoms with Crippen LogP contribution in [-0.2, 0) is 33.4 Å². The molecule has 42 heavy (non-hydrogen) atoms. The van der Waals surface area contributed by atoms with E-state index in [1.165, 1.54) is 24.0 Å². The molecule has 3 atom stereocenters. The van der Waals surface area contributed by atoms with Crippen LogP contribution in [0, 0.1) is 5.92 Å². The number of ether oxygens (including phenoxy) is 2. The van der Waals surface area contributed by atoms with E-state index >= 15 is 0 Å². The molecule has 0 fully saturated rings. The van der Waals surface area contributed by atoms with Gasteiger partial charge < -0.3 is 19.0 Å². The molecule has 0 aliphatic heterocycles.